The maximum Gasteiger partial charge on any atom is 0.260 e. The lowest BCUT2D eigenvalue weighted by atomic mass is 10.1. The molecule has 0 saturated carbocycles. The van der Waals surface area contributed by atoms with Crippen molar-refractivity contribution in [2.75, 3.05) is 17.7 Å². The van der Waals surface area contributed by atoms with Crippen molar-refractivity contribution >= 4 is 40.9 Å². The molecule has 0 radical (unpaired) electrons. The molecule has 1 amide bonds. The van der Waals surface area contributed by atoms with Gasteiger partial charge in [0.05, 0.1) is 42.5 Å². The highest BCUT2D eigenvalue weighted by Gasteiger charge is 2.37. The van der Waals surface area contributed by atoms with E-state index in [1.165, 1.54) is 4.90 Å². The molecule has 4 heterocycles. The lowest BCUT2D eigenvalue weighted by Gasteiger charge is -2.19. The Morgan fingerprint density at radius 3 is 2.70 bits per heavy atom. The molecule has 0 aromatic carbocycles. The topological polar surface area (TPSA) is 123 Å². The number of ether oxygens (including phenoxy) is 1. The van der Waals surface area contributed by atoms with Gasteiger partial charge >= 0.3 is 0 Å². The molecule has 0 spiro atoms. The summed E-state index contributed by atoms with van der Waals surface area (Å²) in [7, 11) is 1.61. The molecule has 0 bridgehead atoms. The first kappa shape index (κ1) is 19.8. The zero-order valence-corrected chi connectivity index (χ0v) is 17.7. The number of nitrogens with zero attached hydrogens (tertiary/aromatic N) is 5. The van der Waals surface area contributed by atoms with Gasteiger partial charge in [0, 0.05) is 23.0 Å². The minimum atomic E-state index is -0.282. The molecule has 3 N–H and O–H groups in total. The molecule has 154 valence electrons. The van der Waals surface area contributed by atoms with Crippen LogP contribution in [0.4, 0.5) is 11.8 Å². The van der Waals surface area contributed by atoms with Gasteiger partial charge in [-0.1, -0.05) is 11.6 Å². The predicted octanol–water partition coefficient (Wildman–Crippen LogP) is 2.85. The zero-order chi connectivity index (χ0) is 21.6. The third kappa shape index (κ3) is 3.17. The largest absolute Gasteiger partial charge is 0.496 e. The Labute approximate surface area is 178 Å². The Kier molecular flexibility index (Phi) is 4.90. The number of pyridine rings is 1. The summed E-state index contributed by atoms with van der Waals surface area (Å²) in [5, 5.41) is 0.110. The van der Waals surface area contributed by atoms with E-state index >= 15 is 0 Å². The molecule has 9 nitrogen and oxygen atoms in total. The molecule has 1 aliphatic rings. The number of methoxy groups -OCH3 is 1. The number of H-pyrrole nitrogens is 1. The lowest BCUT2D eigenvalue weighted by Crippen LogP contribution is -2.27. The molecule has 10 heteroatoms. The normalized spacial score (nSPS) is 14.5. The molecule has 0 saturated heterocycles. The average Bonchev–Trinajstić information content (AvgIpc) is 3.20. The van der Waals surface area contributed by atoms with Crippen LogP contribution in [0.15, 0.2) is 12.5 Å². The highest BCUT2D eigenvalue weighted by atomic mass is 35.5. The van der Waals surface area contributed by atoms with Gasteiger partial charge < -0.3 is 15.5 Å². The minimum Gasteiger partial charge on any atom is -0.496 e. The van der Waals surface area contributed by atoms with Crippen molar-refractivity contribution in [2.24, 2.45) is 0 Å². The van der Waals surface area contributed by atoms with Crippen LogP contribution in [0.3, 0.4) is 0 Å². The molecule has 3 aromatic heterocycles. The van der Waals surface area contributed by atoms with Crippen LogP contribution >= 0.6 is 11.6 Å². The summed E-state index contributed by atoms with van der Waals surface area (Å²) in [6.07, 6.45) is 4.95. The zero-order valence-electron chi connectivity index (χ0n) is 16.9. The smallest absolute Gasteiger partial charge is 0.260 e. The Morgan fingerprint density at radius 1 is 1.27 bits per heavy atom. The van der Waals surface area contributed by atoms with Gasteiger partial charge in [0.25, 0.3) is 5.91 Å². The van der Waals surface area contributed by atoms with Gasteiger partial charge in [-0.25, -0.2) is 9.97 Å². The van der Waals surface area contributed by atoms with Crippen LogP contribution in [0.25, 0.3) is 11.6 Å². The first-order valence-electron chi connectivity index (χ1n) is 9.17. The number of nitrogens with one attached hydrogen (secondary N) is 1. The summed E-state index contributed by atoms with van der Waals surface area (Å²) in [5.41, 5.74) is 10.5. The van der Waals surface area contributed by atoms with Crippen LogP contribution in [0.1, 0.15) is 33.8 Å². The number of hydrogen-bond donors (Lipinski definition) is 2. The average molecular weight is 426 g/mol. The number of nitrogens with two attached hydrogens (primary N) is 1. The number of aromatic nitrogens is 5. The standard InChI is InChI=1S/C20H20ClN7O2/c1-9-6-23-14(10(2)16(9)30-4)7-28-18-15(17(21)26-20(22)27-18)12(19(28)29)5-13-11(3)24-8-25-13/h5-6,8H,7H2,1-4H3,(H,24,25)(H2,22,26,27). The number of nitrogen functional groups attached to an aromatic ring is 1. The Bertz CT molecular complexity index is 1200. The van der Waals surface area contributed by atoms with Gasteiger partial charge in [-0.05, 0) is 26.8 Å². The highest BCUT2D eigenvalue weighted by molar-refractivity contribution is 6.41. The number of carbonyl (C=O) groups excluding carboxylic acids is 1. The number of anilines is 2. The van der Waals surface area contributed by atoms with E-state index in [2.05, 4.69) is 24.9 Å². The summed E-state index contributed by atoms with van der Waals surface area (Å²) >= 11 is 6.37. The molecule has 0 aliphatic carbocycles. The number of amides is 1. The summed E-state index contributed by atoms with van der Waals surface area (Å²) in [6, 6.07) is 0. The van der Waals surface area contributed by atoms with Crippen LogP contribution in [0, 0.1) is 20.8 Å². The molecular formula is C20H20ClN7O2. The second-order valence-electron chi connectivity index (χ2n) is 6.98. The fraction of sp³-hybridized carbons (Fsp3) is 0.250. The molecule has 3 aromatic rings. The van der Waals surface area contributed by atoms with Crippen LogP contribution in [-0.2, 0) is 11.3 Å². The van der Waals surface area contributed by atoms with Gasteiger partial charge in [-0.15, -0.1) is 0 Å². The number of imidazole rings is 1. The van der Waals surface area contributed by atoms with Crippen molar-refractivity contribution in [3.8, 4) is 5.75 Å². The van der Waals surface area contributed by atoms with Crippen molar-refractivity contribution in [1.82, 2.24) is 24.9 Å². The van der Waals surface area contributed by atoms with Crippen LogP contribution in [0.5, 0.6) is 5.75 Å². The summed E-state index contributed by atoms with van der Waals surface area (Å²) < 4.78 is 5.49. The Balaban J connectivity index is 1.84. The van der Waals surface area contributed by atoms with E-state index in [1.807, 2.05) is 20.8 Å². The van der Waals surface area contributed by atoms with E-state index < -0.39 is 0 Å². The van der Waals surface area contributed by atoms with E-state index in [4.69, 9.17) is 22.1 Å². The minimum absolute atomic E-state index is 0.0140. The molecule has 4 rings (SSSR count). The fourth-order valence-electron chi connectivity index (χ4n) is 3.53. The number of aryl methyl sites for hydroxylation is 2. The van der Waals surface area contributed by atoms with Crippen LogP contribution < -0.4 is 15.4 Å². The van der Waals surface area contributed by atoms with Crippen molar-refractivity contribution in [1.29, 1.82) is 0 Å². The number of aromatic amines is 1. The first-order valence-corrected chi connectivity index (χ1v) is 9.55. The van der Waals surface area contributed by atoms with E-state index in [0.29, 0.717) is 28.3 Å². The molecular weight excluding hydrogens is 406 g/mol. The van der Waals surface area contributed by atoms with Crippen molar-refractivity contribution in [3.63, 3.8) is 0 Å². The Morgan fingerprint density at radius 2 is 2.03 bits per heavy atom. The highest BCUT2D eigenvalue weighted by Crippen LogP contribution is 2.41. The van der Waals surface area contributed by atoms with Gasteiger partial charge in [0.2, 0.25) is 5.95 Å². The lowest BCUT2D eigenvalue weighted by molar-refractivity contribution is -0.113. The van der Waals surface area contributed by atoms with E-state index in [1.54, 1.807) is 25.7 Å². The SMILES string of the molecule is COc1c(C)cnc(CN2C(=O)C(=Cc3nc[nH]c3C)c3c(Cl)nc(N)nc32)c1C. The predicted molar refractivity (Wildman–Crippen MR) is 114 cm³/mol. The van der Waals surface area contributed by atoms with Gasteiger partial charge in [0.1, 0.15) is 10.9 Å². The van der Waals surface area contributed by atoms with Gasteiger partial charge in [-0.2, -0.15) is 4.98 Å². The second-order valence-corrected chi connectivity index (χ2v) is 7.34. The molecule has 30 heavy (non-hydrogen) atoms. The van der Waals surface area contributed by atoms with E-state index in [9.17, 15) is 4.79 Å². The molecule has 1 aliphatic heterocycles. The number of carbonyl (C=O) groups is 1. The Hall–Kier alpha value is -3.46. The van der Waals surface area contributed by atoms with E-state index in [-0.39, 0.29) is 23.6 Å². The van der Waals surface area contributed by atoms with Crippen molar-refractivity contribution in [3.05, 3.63) is 51.4 Å². The molecule has 0 fully saturated rings. The quantitative estimate of drug-likeness (QED) is 0.486. The van der Waals surface area contributed by atoms with Crippen molar-refractivity contribution < 1.29 is 9.53 Å². The number of halogens is 1. The fourth-order valence-corrected chi connectivity index (χ4v) is 3.80. The monoisotopic (exact) mass is 425 g/mol. The van der Waals surface area contributed by atoms with Gasteiger partial charge in [-0.3, -0.25) is 14.7 Å². The molecule has 0 unspecified atom stereocenters. The maximum atomic E-state index is 13.4. The number of hydrogen-bond acceptors (Lipinski definition) is 7. The first-order chi connectivity index (χ1) is 14.3. The third-order valence-electron chi connectivity index (χ3n) is 5.07. The summed E-state index contributed by atoms with van der Waals surface area (Å²) in [4.78, 5) is 35.0. The summed E-state index contributed by atoms with van der Waals surface area (Å²) in [5.74, 6) is 0.780. The number of fused-ring (bicyclic) bond motifs is 1. The molecule has 0 atom stereocenters. The third-order valence-corrected chi connectivity index (χ3v) is 5.34. The number of rotatable bonds is 4. The van der Waals surface area contributed by atoms with E-state index in [0.717, 1.165) is 22.6 Å². The van der Waals surface area contributed by atoms with Crippen LogP contribution in [-0.4, -0.2) is 37.9 Å². The van der Waals surface area contributed by atoms with Gasteiger partial charge in [0.15, 0.2) is 5.82 Å². The maximum absolute atomic E-state index is 13.4. The second kappa shape index (κ2) is 7.42. The summed E-state index contributed by atoms with van der Waals surface area (Å²) in [6.45, 7) is 5.86. The van der Waals surface area contributed by atoms with Crippen LogP contribution in [0.2, 0.25) is 5.15 Å². The van der Waals surface area contributed by atoms with Crippen molar-refractivity contribution in [2.45, 2.75) is 27.3 Å².